The Bertz CT molecular complexity index is 520. The minimum Gasteiger partial charge on any atom is -0.444 e. The van der Waals surface area contributed by atoms with Crippen molar-refractivity contribution >= 4 is 11.8 Å². The summed E-state index contributed by atoms with van der Waals surface area (Å²) in [5, 5.41) is 5.97. The summed E-state index contributed by atoms with van der Waals surface area (Å²) in [6.45, 7) is 7.39. The monoisotopic (exact) mass is 308 g/mol. The Balaban J connectivity index is 2.01. The molecule has 1 aliphatic rings. The van der Waals surface area contributed by atoms with E-state index in [0.29, 0.717) is 23.6 Å². The molecular weight excluding hydrogens is 283 g/mol. The lowest BCUT2D eigenvalue weighted by Crippen LogP contribution is -2.29. The second-order valence-electron chi connectivity index (χ2n) is 6.83. The van der Waals surface area contributed by atoms with E-state index in [0.717, 1.165) is 25.9 Å². The molecule has 0 radical (unpaired) electrons. The van der Waals surface area contributed by atoms with Gasteiger partial charge < -0.3 is 10.1 Å². The number of amides is 1. The summed E-state index contributed by atoms with van der Waals surface area (Å²) in [6, 6.07) is 4.68. The third-order valence-corrected chi connectivity index (χ3v) is 3.66. The van der Waals surface area contributed by atoms with Gasteiger partial charge in [0.15, 0.2) is 0 Å². The molecule has 1 aromatic carbocycles. The van der Waals surface area contributed by atoms with Gasteiger partial charge in [0.2, 0.25) is 0 Å². The van der Waals surface area contributed by atoms with E-state index in [1.54, 1.807) is 32.9 Å². The van der Waals surface area contributed by atoms with Crippen LogP contribution in [0.25, 0.3) is 0 Å². The minimum atomic E-state index is -0.554. The van der Waals surface area contributed by atoms with Crippen LogP contribution in [0.15, 0.2) is 18.2 Å². The van der Waals surface area contributed by atoms with Crippen LogP contribution in [0.2, 0.25) is 0 Å². The number of piperidine rings is 1. The molecule has 1 aromatic rings. The lowest BCUT2D eigenvalue weighted by Gasteiger charge is -2.23. The van der Waals surface area contributed by atoms with Gasteiger partial charge in [-0.2, -0.15) is 0 Å². The Morgan fingerprint density at radius 2 is 2.05 bits per heavy atom. The number of nitrogens with one attached hydrogen (secondary N) is 2. The Kier molecular flexibility index (Phi) is 5.40. The van der Waals surface area contributed by atoms with Gasteiger partial charge in [-0.3, -0.25) is 5.32 Å². The first-order valence-electron chi connectivity index (χ1n) is 7.82. The van der Waals surface area contributed by atoms with Crippen LogP contribution in [-0.2, 0) is 11.2 Å². The van der Waals surface area contributed by atoms with Crippen molar-refractivity contribution in [2.45, 2.75) is 45.6 Å². The highest BCUT2D eigenvalue weighted by molar-refractivity contribution is 5.84. The van der Waals surface area contributed by atoms with E-state index in [2.05, 4.69) is 10.6 Å². The van der Waals surface area contributed by atoms with Crippen LogP contribution in [0.4, 0.5) is 14.9 Å². The number of anilines is 1. The molecule has 0 bridgehead atoms. The number of ether oxygens (including phenoxy) is 1. The van der Waals surface area contributed by atoms with Crippen molar-refractivity contribution in [2.75, 3.05) is 18.4 Å². The highest BCUT2D eigenvalue weighted by atomic mass is 19.1. The van der Waals surface area contributed by atoms with E-state index in [-0.39, 0.29) is 5.82 Å². The Labute approximate surface area is 131 Å². The smallest absolute Gasteiger partial charge is 0.412 e. The van der Waals surface area contributed by atoms with Crippen molar-refractivity contribution < 1.29 is 13.9 Å². The van der Waals surface area contributed by atoms with E-state index in [4.69, 9.17) is 4.74 Å². The number of rotatable bonds is 3. The molecule has 5 heteroatoms. The lowest BCUT2D eigenvalue weighted by atomic mass is 9.90. The summed E-state index contributed by atoms with van der Waals surface area (Å²) in [7, 11) is 0. The molecule has 22 heavy (non-hydrogen) atoms. The maximum Gasteiger partial charge on any atom is 0.412 e. The van der Waals surface area contributed by atoms with Crippen LogP contribution in [-0.4, -0.2) is 24.8 Å². The number of hydrogen-bond acceptors (Lipinski definition) is 3. The molecule has 0 aliphatic carbocycles. The van der Waals surface area contributed by atoms with Crippen molar-refractivity contribution in [1.29, 1.82) is 0 Å². The van der Waals surface area contributed by atoms with Crippen LogP contribution >= 0.6 is 0 Å². The molecular formula is C17H25FN2O2. The van der Waals surface area contributed by atoms with Crippen molar-refractivity contribution in [1.82, 2.24) is 5.32 Å². The van der Waals surface area contributed by atoms with Gasteiger partial charge in [0.05, 0.1) is 0 Å². The van der Waals surface area contributed by atoms with Gasteiger partial charge in [-0.1, -0.05) is 0 Å². The first-order chi connectivity index (χ1) is 10.3. The van der Waals surface area contributed by atoms with Gasteiger partial charge in [-0.05, 0) is 82.8 Å². The summed E-state index contributed by atoms with van der Waals surface area (Å²) in [4.78, 5) is 11.8. The standard InChI is InChI=1S/C17H25FN2O2/c1-17(2,3)22-16(21)20-14-4-5-15(18)13(11-14)10-12-6-8-19-9-7-12/h4-5,11-12,19H,6-10H2,1-3H3,(H,20,21). The average Bonchev–Trinajstić information content (AvgIpc) is 2.41. The molecule has 0 aromatic heterocycles. The predicted molar refractivity (Wildman–Crippen MR) is 85.6 cm³/mol. The molecule has 0 spiro atoms. The number of benzene rings is 1. The summed E-state index contributed by atoms with van der Waals surface area (Å²) >= 11 is 0. The molecule has 0 unspecified atom stereocenters. The fourth-order valence-electron chi connectivity index (χ4n) is 2.63. The Morgan fingerprint density at radius 1 is 1.36 bits per heavy atom. The topological polar surface area (TPSA) is 50.4 Å². The van der Waals surface area contributed by atoms with Crippen LogP contribution in [0, 0.1) is 11.7 Å². The van der Waals surface area contributed by atoms with E-state index in [1.807, 2.05) is 0 Å². The van der Waals surface area contributed by atoms with Crippen molar-refractivity contribution in [2.24, 2.45) is 5.92 Å². The van der Waals surface area contributed by atoms with E-state index in [9.17, 15) is 9.18 Å². The minimum absolute atomic E-state index is 0.215. The number of carbonyl (C=O) groups excluding carboxylic acids is 1. The predicted octanol–water partition coefficient (Wildman–Crippen LogP) is 3.71. The van der Waals surface area contributed by atoms with Crippen LogP contribution in [0.5, 0.6) is 0 Å². The van der Waals surface area contributed by atoms with Crippen LogP contribution in [0.1, 0.15) is 39.2 Å². The first kappa shape index (κ1) is 16.7. The molecule has 1 heterocycles. The van der Waals surface area contributed by atoms with Crippen molar-refractivity contribution in [3.8, 4) is 0 Å². The molecule has 1 amide bonds. The van der Waals surface area contributed by atoms with E-state index < -0.39 is 11.7 Å². The van der Waals surface area contributed by atoms with Crippen molar-refractivity contribution in [3.05, 3.63) is 29.6 Å². The highest BCUT2D eigenvalue weighted by Crippen LogP contribution is 2.23. The van der Waals surface area contributed by atoms with Crippen LogP contribution < -0.4 is 10.6 Å². The molecule has 1 fully saturated rings. The molecule has 122 valence electrons. The van der Waals surface area contributed by atoms with Gasteiger partial charge in [-0.25, -0.2) is 9.18 Å². The first-order valence-corrected chi connectivity index (χ1v) is 7.82. The van der Waals surface area contributed by atoms with Gasteiger partial charge in [0, 0.05) is 5.69 Å². The lowest BCUT2D eigenvalue weighted by molar-refractivity contribution is 0.0636. The molecule has 2 rings (SSSR count). The fraction of sp³-hybridized carbons (Fsp3) is 0.588. The summed E-state index contributed by atoms with van der Waals surface area (Å²) in [6.07, 6.45) is 2.30. The molecule has 0 saturated carbocycles. The third-order valence-electron chi connectivity index (χ3n) is 3.66. The Morgan fingerprint density at radius 3 is 2.68 bits per heavy atom. The maximum absolute atomic E-state index is 14.0. The zero-order chi connectivity index (χ0) is 16.2. The number of halogens is 1. The van der Waals surface area contributed by atoms with Gasteiger partial charge in [0.1, 0.15) is 11.4 Å². The van der Waals surface area contributed by atoms with Crippen LogP contribution in [0.3, 0.4) is 0 Å². The maximum atomic E-state index is 14.0. The molecule has 1 saturated heterocycles. The van der Waals surface area contributed by atoms with E-state index >= 15 is 0 Å². The molecule has 0 atom stereocenters. The van der Waals surface area contributed by atoms with Crippen molar-refractivity contribution in [3.63, 3.8) is 0 Å². The molecule has 2 N–H and O–H groups in total. The zero-order valence-corrected chi connectivity index (χ0v) is 13.5. The fourth-order valence-corrected chi connectivity index (χ4v) is 2.63. The molecule has 4 nitrogen and oxygen atoms in total. The summed E-state index contributed by atoms with van der Waals surface area (Å²) in [5.74, 6) is 0.279. The third kappa shape index (κ3) is 5.30. The Hall–Kier alpha value is -1.62. The normalized spacial score (nSPS) is 16.4. The average molecular weight is 308 g/mol. The largest absolute Gasteiger partial charge is 0.444 e. The van der Waals surface area contributed by atoms with E-state index in [1.165, 1.54) is 6.07 Å². The second kappa shape index (κ2) is 7.09. The second-order valence-corrected chi connectivity index (χ2v) is 6.83. The summed E-state index contributed by atoms with van der Waals surface area (Å²) in [5.41, 5.74) is 0.669. The quantitative estimate of drug-likeness (QED) is 0.895. The van der Waals surface area contributed by atoms with Gasteiger partial charge >= 0.3 is 6.09 Å². The van der Waals surface area contributed by atoms with Gasteiger partial charge in [0.25, 0.3) is 0 Å². The zero-order valence-electron chi connectivity index (χ0n) is 13.5. The number of hydrogen-bond donors (Lipinski definition) is 2. The SMILES string of the molecule is CC(C)(C)OC(=O)Nc1ccc(F)c(CC2CCNCC2)c1. The van der Waals surface area contributed by atoms with Gasteiger partial charge in [-0.15, -0.1) is 0 Å². The highest BCUT2D eigenvalue weighted by Gasteiger charge is 2.18. The molecule has 1 aliphatic heterocycles. The summed E-state index contributed by atoms with van der Waals surface area (Å²) < 4.78 is 19.2. The number of carbonyl (C=O) groups is 1.